The van der Waals surface area contributed by atoms with Crippen molar-refractivity contribution < 1.29 is 15.0 Å². The monoisotopic (exact) mass is 258 g/mol. The number of phenols is 1. The summed E-state index contributed by atoms with van der Waals surface area (Å²) in [5, 5.41) is 18.8. The third-order valence-electron chi connectivity index (χ3n) is 3.52. The lowest BCUT2D eigenvalue weighted by molar-refractivity contribution is -0.139. The molecule has 1 aliphatic heterocycles. The first kappa shape index (κ1) is 11.8. The first-order chi connectivity index (χ1) is 9.16. The number of benzene rings is 1. The third-order valence-corrected chi connectivity index (χ3v) is 3.52. The van der Waals surface area contributed by atoms with Crippen LogP contribution in [0.4, 0.5) is 0 Å². The largest absolute Gasteiger partial charge is 0.508 e. The van der Waals surface area contributed by atoms with Crippen molar-refractivity contribution in [3.63, 3.8) is 0 Å². The highest BCUT2D eigenvalue weighted by Crippen LogP contribution is 2.32. The van der Waals surface area contributed by atoms with Crippen molar-refractivity contribution in [2.24, 2.45) is 0 Å². The van der Waals surface area contributed by atoms with Crippen LogP contribution in [0.3, 0.4) is 0 Å². The lowest BCUT2D eigenvalue weighted by Gasteiger charge is -2.22. The van der Waals surface area contributed by atoms with Crippen LogP contribution in [0.15, 0.2) is 30.5 Å². The zero-order valence-electron chi connectivity index (χ0n) is 10.3. The molecule has 5 heteroatoms. The molecule has 5 nitrogen and oxygen atoms in total. The summed E-state index contributed by atoms with van der Waals surface area (Å²) in [6.45, 7) is 0.768. The number of aliphatic carboxylic acids is 1. The lowest BCUT2D eigenvalue weighted by atomic mass is 9.96. The zero-order valence-corrected chi connectivity index (χ0v) is 10.3. The number of nitrogens with zero attached hydrogens (tertiary/aromatic N) is 2. The maximum absolute atomic E-state index is 11.2. The number of aromatic nitrogens is 2. The minimum absolute atomic E-state index is 0.181. The Morgan fingerprint density at radius 2 is 2.26 bits per heavy atom. The van der Waals surface area contributed by atoms with E-state index in [0.717, 1.165) is 30.0 Å². The van der Waals surface area contributed by atoms with Crippen LogP contribution in [0, 0.1) is 0 Å². The van der Waals surface area contributed by atoms with Crippen LogP contribution >= 0.6 is 0 Å². The van der Waals surface area contributed by atoms with Crippen molar-refractivity contribution in [2.45, 2.75) is 25.3 Å². The molecule has 0 spiro atoms. The number of imidazole rings is 1. The summed E-state index contributed by atoms with van der Waals surface area (Å²) in [4.78, 5) is 15.6. The average molecular weight is 258 g/mol. The quantitative estimate of drug-likeness (QED) is 0.866. The number of hydrogen-bond donors (Lipinski definition) is 2. The van der Waals surface area contributed by atoms with Crippen molar-refractivity contribution in [1.82, 2.24) is 9.55 Å². The van der Waals surface area contributed by atoms with E-state index in [1.165, 1.54) is 0 Å². The highest BCUT2D eigenvalue weighted by atomic mass is 16.4. The molecule has 0 radical (unpaired) electrons. The van der Waals surface area contributed by atoms with Gasteiger partial charge in [-0.1, -0.05) is 12.1 Å². The van der Waals surface area contributed by atoms with E-state index in [2.05, 4.69) is 4.98 Å². The molecule has 0 aliphatic carbocycles. The molecular formula is C14H14N2O3. The number of carboxylic acid groups (broad SMARTS) is 1. The Labute approximate surface area is 110 Å². The fourth-order valence-electron chi connectivity index (χ4n) is 2.63. The Morgan fingerprint density at radius 3 is 3.00 bits per heavy atom. The molecular weight excluding hydrogens is 244 g/mol. The molecule has 2 heterocycles. The van der Waals surface area contributed by atoms with E-state index >= 15 is 0 Å². The van der Waals surface area contributed by atoms with Gasteiger partial charge in [0, 0.05) is 18.3 Å². The van der Waals surface area contributed by atoms with Gasteiger partial charge in [0.1, 0.15) is 11.6 Å². The minimum atomic E-state index is -0.802. The summed E-state index contributed by atoms with van der Waals surface area (Å²) in [6.07, 6.45) is 3.12. The predicted octanol–water partition coefficient (Wildman–Crippen LogP) is 2.22. The number of rotatable bonds is 2. The summed E-state index contributed by atoms with van der Waals surface area (Å²) in [6, 6.07) is 6.85. The molecule has 98 valence electrons. The predicted molar refractivity (Wildman–Crippen MR) is 68.9 cm³/mol. The van der Waals surface area contributed by atoms with Gasteiger partial charge < -0.3 is 14.8 Å². The third kappa shape index (κ3) is 1.97. The van der Waals surface area contributed by atoms with Gasteiger partial charge in [-0.05, 0) is 25.0 Å². The number of carbonyl (C=O) groups is 1. The van der Waals surface area contributed by atoms with Crippen LogP contribution in [0.1, 0.15) is 24.5 Å². The second-order valence-electron chi connectivity index (χ2n) is 4.74. The van der Waals surface area contributed by atoms with Crippen molar-refractivity contribution in [3.05, 3.63) is 36.2 Å². The van der Waals surface area contributed by atoms with Gasteiger partial charge >= 0.3 is 5.97 Å². The van der Waals surface area contributed by atoms with Crippen LogP contribution < -0.4 is 0 Å². The molecule has 1 unspecified atom stereocenters. The zero-order chi connectivity index (χ0) is 13.4. The first-order valence-electron chi connectivity index (χ1n) is 6.24. The molecule has 3 rings (SSSR count). The Morgan fingerprint density at radius 1 is 1.42 bits per heavy atom. The van der Waals surface area contributed by atoms with Gasteiger partial charge in [0.2, 0.25) is 0 Å². The minimum Gasteiger partial charge on any atom is -0.508 e. The summed E-state index contributed by atoms with van der Waals surface area (Å²) < 4.78 is 1.94. The SMILES string of the molecule is O=C(O)C1CCCn2c1cnc2-c1cccc(O)c1. The number of carboxylic acids is 1. The van der Waals surface area contributed by atoms with E-state index in [4.69, 9.17) is 0 Å². The fourth-order valence-corrected chi connectivity index (χ4v) is 2.63. The van der Waals surface area contributed by atoms with Gasteiger partial charge in [-0.25, -0.2) is 4.98 Å². The Balaban J connectivity index is 2.08. The molecule has 0 amide bonds. The normalized spacial score (nSPS) is 18.0. The summed E-state index contributed by atoms with van der Waals surface area (Å²) in [5.41, 5.74) is 1.55. The van der Waals surface area contributed by atoms with Crippen molar-refractivity contribution >= 4 is 5.97 Å². The summed E-state index contributed by atoms with van der Waals surface area (Å²) in [5.74, 6) is -0.382. The van der Waals surface area contributed by atoms with E-state index in [0.29, 0.717) is 6.42 Å². The number of phenolic OH excluding ortho intramolecular Hbond substituents is 1. The maximum Gasteiger partial charge on any atom is 0.312 e. The van der Waals surface area contributed by atoms with Gasteiger partial charge in [-0.3, -0.25) is 4.79 Å². The van der Waals surface area contributed by atoms with Gasteiger partial charge in [-0.2, -0.15) is 0 Å². The number of hydrogen-bond acceptors (Lipinski definition) is 3. The smallest absolute Gasteiger partial charge is 0.312 e. The molecule has 1 aromatic heterocycles. The number of fused-ring (bicyclic) bond motifs is 1. The van der Waals surface area contributed by atoms with Crippen LogP contribution in [0.25, 0.3) is 11.4 Å². The van der Waals surface area contributed by atoms with Crippen molar-refractivity contribution in [1.29, 1.82) is 0 Å². The molecule has 0 saturated heterocycles. The van der Waals surface area contributed by atoms with Crippen LogP contribution in [0.2, 0.25) is 0 Å². The molecule has 1 aliphatic rings. The molecule has 2 N–H and O–H groups in total. The second-order valence-corrected chi connectivity index (χ2v) is 4.74. The maximum atomic E-state index is 11.2. The van der Waals surface area contributed by atoms with E-state index < -0.39 is 11.9 Å². The Hall–Kier alpha value is -2.30. The number of aromatic hydroxyl groups is 1. The van der Waals surface area contributed by atoms with Crippen LogP contribution in [-0.4, -0.2) is 25.7 Å². The average Bonchev–Trinajstić information content (AvgIpc) is 2.82. The topological polar surface area (TPSA) is 75.3 Å². The van der Waals surface area contributed by atoms with Crippen LogP contribution in [0.5, 0.6) is 5.75 Å². The summed E-state index contributed by atoms with van der Waals surface area (Å²) in [7, 11) is 0. The summed E-state index contributed by atoms with van der Waals surface area (Å²) >= 11 is 0. The second kappa shape index (κ2) is 4.42. The molecule has 1 atom stereocenters. The Bertz CT molecular complexity index is 633. The molecule has 19 heavy (non-hydrogen) atoms. The molecule has 1 aromatic carbocycles. The highest BCUT2D eigenvalue weighted by Gasteiger charge is 2.28. The first-order valence-corrected chi connectivity index (χ1v) is 6.24. The van der Waals surface area contributed by atoms with E-state index in [-0.39, 0.29) is 5.75 Å². The highest BCUT2D eigenvalue weighted by molar-refractivity contribution is 5.76. The van der Waals surface area contributed by atoms with Gasteiger partial charge in [0.05, 0.1) is 11.6 Å². The van der Waals surface area contributed by atoms with E-state index in [1.807, 2.05) is 10.6 Å². The van der Waals surface area contributed by atoms with Crippen molar-refractivity contribution in [3.8, 4) is 17.1 Å². The van der Waals surface area contributed by atoms with E-state index in [9.17, 15) is 15.0 Å². The molecule has 2 aromatic rings. The molecule has 0 saturated carbocycles. The molecule has 0 fully saturated rings. The van der Waals surface area contributed by atoms with Crippen molar-refractivity contribution in [2.75, 3.05) is 0 Å². The fraction of sp³-hybridized carbons (Fsp3) is 0.286. The van der Waals surface area contributed by atoms with Gasteiger partial charge in [-0.15, -0.1) is 0 Å². The van der Waals surface area contributed by atoms with E-state index in [1.54, 1.807) is 24.4 Å². The standard InChI is InChI=1S/C14H14N2O3/c17-10-4-1-3-9(7-10)13-15-8-12-11(14(18)19)5-2-6-16(12)13/h1,3-4,7-8,11,17H,2,5-6H2,(H,18,19). The van der Waals surface area contributed by atoms with Crippen LogP contribution in [-0.2, 0) is 11.3 Å². The molecule has 0 bridgehead atoms. The Kier molecular flexibility index (Phi) is 2.74. The van der Waals surface area contributed by atoms with Gasteiger partial charge in [0.25, 0.3) is 0 Å². The lowest BCUT2D eigenvalue weighted by Crippen LogP contribution is -2.21. The van der Waals surface area contributed by atoms with Gasteiger partial charge in [0.15, 0.2) is 0 Å².